The third kappa shape index (κ3) is 49.4. The Labute approximate surface area is 67.4 Å². The maximum absolute atomic E-state index is 9.00. The maximum Gasteiger partial charge on any atom is 0.309 e. The fourth-order valence-electron chi connectivity index (χ4n) is 0.433. The van der Waals surface area contributed by atoms with Gasteiger partial charge in [0, 0.05) is 0 Å². The van der Waals surface area contributed by atoms with Crippen LogP contribution in [0.15, 0.2) is 12.7 Å². The summed E-state index contributed by atoms with van der Waals surface area (Å²) in [6.07, 6.45) is 5.36. The SMILES string of the molecule is C=CCCCCN.NC(N)=O. The average Bonchev–Trinajstić information content (AvgIpc) is 1.88. The van der Waals surface area contributed by atoms with E-state index in [0.29, 0.717) is 0 Å². The van der Waals surface area contributed by atoms with E-state index in [1.807, 2.05) is 6.08 Å². The lowest BCUT2D eigenvalue weighted by atomic mass is 10.2. The zero-order chi connectivity index (χ0) is 9.11. The number of amides is 2. The molecule has 0 aliphatic heterocycles. The van der Waals surface area contributed by atoms with Crippen LogP contribution in [0.1, 0.15) is 19.3 Å². The fourth-order valence-corrected chi connectivity index (χ4v) is 0.433. The summed E-state index contributed by atoms with van der Waals surface area (Å²) in [5.74, 6) is 0. The Morgan fingerprint density at radius 1 is 1.36 bits per heavy atom. The van der Waals surface area contributed by atoms with Crippen LogP contribution < -0.4 is 17.2 Å². The van der Waals surface area contributed by atoms with E-state index in [9.17, 15) is 0 Å². The van der Waals surface area contributed by atoms with Crippen LogP contribution in [0.5, 0.6) is 0 Å². The molecule has 0 aromatic heterocycles. The van der Waals surface area contributed by atoms with Crippen molar-refractivity contribution in [3.63, 3.8) is 0 Å². The fraction of sp³-hybridized carbons (Fsp3) is 0.571. The van der Waals surface area contributed by atoms with Crippen LogP contribution >= 0.6 is 0 Å². The molecule has 6 N–H and O–H groups in total. The molecule has 4 nitrogen and oxygen atoms in total. The highest BCUT2D eigenvalue weighted by Crippen LogP contribution is 1.91. The van der Waals surface area contributed by atoms with Gasteiger partial charge in [-0.05, 0) is 25.8 Å². The molecule has 0 rings (SSSR count). The van der Waals surface area contributed by atoms with Crippen LogP contribution in [-0.4, -0.2) is 12.6 Å². The van der Waals surface area contributed by atoms with Gasteiger partial charge in [-0.1, -0.05) is 6.08 Å². The van der Waals surface area contributed by atoms with Crippen molar-refractivity contribution in [2.45, 2.75) is 19.3 Å². The number of allylic oxidation sites excluding steroid dienone is 1. The topological polar surface area (TPSA) is 95.1 Å². The van der Waals surface area contributed by atoms with Crippen LogP contribution in [0, 0.1) is 0 Å². The number of hydrogen-bond donors (Lipinski definition) is 3. The van der Waals surface area contributed by atoms with Gasteiger partial charge in [-0.25, -0.2) is 4.79 Å². The lowest BCUT2D eigenvalue weighted by Crippen LogP contribution is -2.18. The Balaban J connectivity index is 0. The van der Waals surface area contributed by atoms with Gasteiger partial charge in [0.15, 0.2) is 0 Å². The second-order valence-electron chi connectivity index (χ2n) is 1.98. The van der Waals surface area contributed by atoms with Crippen LogP contribution in [0.2, 0.25) is 0 Å². The first kappa shape index (κ1) is 12.6. The Morgan fingerprint density at radius 2 is 1.82 bits per heavy atom. The van der Waals surface area contributed by atoms with E-state index in [0.717, 1.165) is 19.4 Å². The molecule has 0 atom stereocenters. The van der Waals surface area contributed by atoms with Crippen LogP contribution in [0.3, 0.4) is 0 Å². The van der Waals surface area contributed by atoms with E-state index >= 15 is 0 Å². The first-order chi connectivity index (χ1) is 5.15. The number of rotatable bonds is 4. The Morgan fingerprint density at radius 3 is 2.09 bits per heavy atom. The number of nitrogens with two attached hydrogens (primary N) is 3. The van der Waals surface area contributed by atoms with Gasteiger partial charge in [0.2, 0.25) is 0 Å². The molecule has 66 valence electrons. The van der Waals surface area contributed by atoms with Crippen molar-refractivity contribution in [3.8, 4) is 0 Å². The molecular weight excluding hydrogens is 142 g/mol. The largest absolute Gasteiger partial charge is 0.352 e. The molecule has 0 aliphatic rings. The van der Waals surface area contributed by atoms with Crippen LogP contribution in [-0.2, 0) is 0 Å². The number of urea groups is 1. The van der Waals surface area contributed by atoms with Crippen molar-refractivity contribution in [1.82, 2.24) is 0 Å². The zero-order valence-corrected chi connectivity index (χ0v) is 6.75. The molecule has 11 heavy (non-hydrogen) atoms. The molecule has 0 radical (unpaired) electrons. The third-order valence-electron chi connectivity index (χ3n) is 0.862. The van der Waals surface area contributed by atoms with E-state index in [-0.39, 0.29) is 0 Å². The standard InChI is InChI=1S/C6H13N.CH4N2O/c1-2-3-4-5-6-7;2-1(3)4/h2H,1,3-7H2;(H4,2,3,4). The molecule has 0 heterocycles. The number of unbranched alkanes of at least 4 members (excludes halogenated alkanes) is 2. The summed E-state index contributed by atoms with van der Waals surface area (Å²) in [6, 6.07) is -0.833. The maximum atomic E-state index is 9.00. The molecule has 0 unspecified atom stereocenters. The molecule has 0 saturated carbocycles. The highest BCUT2D eigenvalue weighted by atomic mass is 16.2. The van der Waals surface area contributed by atoms with Gasteiger partial charge in [0.05, 0.1) is 0 Å². The van der Waals surface area contributed by atoms with E-state index in [4.69, 9.17) is 10.5 Å². The van der Waals surface area contributed by atoms with Gasteiger partial charge in [-0.2, -0.15) is 0 Å². The molecule has 0 aromatic rings. The van der Waals surface area contributed by atoms with Crippen LogP contribution in [0.25, 0.3) is 0 Å². The lowest BCUT2D eigenvalue weighted by Gasteiger charge is -1.88. The molecule has 0 bridgehead atoms. The summed E-state index contributed by atoms with van der Waals surface area (Å²) >= 11 is 0. The van der Waals surface area contributed by atoms with Gasteiger partial charge >= 0.3 is 6.03 Å². The van der Waals surface area contributed by atoms with E-state index < -0.39 is 6.03 Å². The Bertz CT molecular complexity index is 99.9. The summed E-state index contributed by atoms with van der Waals surface area (Å²) in [5.41, 5.74) is 13.7. The molecule has 0 aromatic carbocycles. The highest BCUT2D eigenvalue weighted by molar-refractivity contribution is 5.69. The number of carbonyl (C=O) groups excluding carboxylic acids is 1. The summed E-state index contributed by atoms with van der Waals surface area (Å²) in [4.78, 5) is 9.00. The molecule has 0 fully saturated rings. The molecule has 0 spiro atoms. The quantitative estimate of drug-likeness (QED) is 0.407. The van der Waals surface area contributed by atoms with Gasteiger partial charge in [-0.3, -0.25) is 0 Å². The van der Waals surface area contributed by atoms with Crippen molar-refractivity contribution in [2.75, 3.05) is 6.54 Å². The predicted molar refractivity (Wildman–Crippen MR) is 46.9 cm³/mol. The molecule has 0 aliphatic carbocycles. The average molecular weight is 159 g/mol. The van der Waals surface area contributed by atoms with Gasteiger partial charge in [0.1, 0.15) is 0 Å². The van der Waals surface area contributed by atoms with Crippen molar-refractivity contribution >= 4 is 6.03 Å². The molecule has 0 saturated heterocycles. The van der Waals surface area contributed by atoms with Crippen LogP contribution in [0.4, 0.5) is 4.79 Å². The monoisotopic (exact) mass is 159 g/mol. The van der Waals surface area contributed by atoms with E-state index in [1.54, 1.807) is 0 Å². The van der Waals surface area contributed by atoms with E-state index in [2.05, 4.69) is 18.0 Å². The Hall–Kier alpha value is -1.03. The number of primary amides is 2. The minimum Gasteiger partial charge on any atom is -0.352 e. The third-order valence-corrected chi connectivity index (χ3v) is 0.862. The molecule has 4 heteroatoms. The van der Waals surface area contributed by atoms with E-state index in [1.165, 1.54) is 6.42 Å². The normalized spacial score (nSPS) is 7.73. The predicted octanol–water partition coefficient (Wildman–Crippen LogP) is 0.325. The smallest absolute Gasteiger partial charge is 0.309 e. The Kier molecular flexibility index (Phi) is 13.5. The van der Waals surface area contributed by atoms with Crippen molar-refractivity contribution in [3.05, 3.63) is 12.7 Å². The van der Waals surface area contributed by atoms with Gasteiger partial charge < -0.3 is 17.2 Å². The second kappa shape index (κ2) is 11.7. The van der Waals surface area contributed by atoms with Gasteiger partial charge in [-0.15, -0.1) is 6.58 Å². The first-order valence-electron chi connectivity index (χ1n) is 3.51. The van der Waals surface area contributed by atoms with Gasteiger partial charge in [0.25, 0.3) is 0 Å². The lowest BCUT2D eigenvalue weighted by molar-refractivity contribution is 0.256. The summed E-state index contributed by atoms with van der Waals surface area (Å²) < 4.78 is 0. The van der Waals surface area contributed by atoms with Crippen molar-refractivity contribution in [1.29, 1.82) is 0 Å². The van der Waals surface area contributed by atoms with Crippen molar-refractivity contribution in [2.24, 2.45) is 17.2 Å². The first-order valence-corrected chi connectivity index (χ1v) is 3.51. The highest BCUT2D eigenvalue weighted by Gasteiger charge is 1.77. The summed E-state index contributed by atoms with van der Waals surface area (Å²) in [7, 11) is 0. The van der Waals surface area contributed by atoms with Crippen molar-refractivity contribution < 1.29 is 4.79 Å². The minimum atomic E-state index is -0.833. The second-order valence-corrected chi connectivity index (χ2v) is 1.98. The molecule has 2 amide bonds. The number of carbonyl (C=O) groups is 1. The number of hydrogen-bond acceptors (Lipinski definition) is 2. The molecular formula is C7H17N3O. The summed E-state index contributed by atoms with van der Waals surface area (Å²) in [5, 5.41) is 0. The zero-order valence-electron chi connectivity index (χ0n) is 6.75. The minimum absolute atomic E-state index is 0.813. The summed E-state index contributed by atoms with van der Waals surface area (Å²) in [6.45, 7) is 4.41.